The summed E-state index contributed by atoms with van der Waals surface area (Å²) in [4.78, 5) is 35.7. The maximum absolute atomic E-state index is 12.8. The molecule has 1 aliphatic rings. The van der Waals surface area contributed by atoms with Crippen molar-refractivity contribution in [3.63, 3.8) is 0 Å². The Labute approximate surface area is 159 Å². The average molecular weight is 398 g/mol. The molecule has 0 unspecified atom stereocenters. The van der Waals surface area contributed by atoms with Gasteiger partial charge in [0.15, 0.2) is 0 Å². The fourth-order valence-corrected chi connectivity index (χ4v) is 4.73. The number of anilines is 1. The molecule has 8 nitrogen and oxygen atoms in total. The highest BCUT2D eigenvalue weighted by atomic mass is 32.2. The Morgan fingerprint density at radius 1 is 1.11 bits per heavy atom. The minimum absolute atomic E-state index is 0.0554. The van der Waals surface area contributed by atoms with Crippen molar-refractivity contribution in [3.8, 4) is 0 Å². The fraction of sp³-hybridized carbons (Fsp3) is 0.105. The molecule has 0 radical (unpaired) electrons. The maximum Gasteiger partial charge on any atom is 0.336 e. The quantitative estimate of drug-likeness (QED) is 0.676. The van der Waals surface area contributed by atoms with Gasteiger partial charge in [0.05, 0.1) is 12.1 Å². The van der Waals surface area contributed by atoms with Crippen LogP contribution in [0.1, 0.15) is 22.8 Å². The minimum atomic E-state index is -4.01. The van der Waals surface area contributed by atoms with Gasteiger partial charge < -0.3 is 9.73 Å². The van der Waals surface area contributed by atoms with Gasteiger partial charge >= 0.3 is 5.63 Å². The van der Waals surface area contributed by atoms with Crippen LogP contribution in [-0.4, -0.2) is 24.5 Å². The van der Waals surface area contributed by atoms with E-state index in [0.717, 1.165) is 10.4 Å². The smallest absolute Gasteiger partial charge is 0.336 e. The molecule has 9 heteroatoms. The van der Waals surface area contributed by atoms with E-state index in [9.17, 15) is 22.8 Å². The Hall–Kier alpha value is -3.46. The van der Waals surface area contributed by atoms with Gasteiger partial charge in [-0.25, -0.2) is 17.5 Å². The number of amides is 2. The number of hydrogen-bond donors (Lipinski definition) is 1. The van der Waals surface area contributed by atoms with Crippen molar-refractivity contribution in [2.45, 2.75) is 18.4 Å². The van der Waals surface area contributed by atoms with Gasteiger partial charge in [-0.1, -0.05) is 12.1 Å². The molecule has 0 aliphatic carbocycles. The molecule has 3 aromatic rings. The Balaban J connectivity index is 1.80. The molecule has 1 aromatic heterocycles. The first kappa shape index (κ1) is 17.9. The average Bonchev–Trinajstić information content (AvgIpc) is 2.82. The second-order valence-electron chi connectivity index (χ2n) is 6.30. The van der Waals surface area contributed by atoms with Gasteiger partial charge in [-0.2, -0.15) is 0 Å². The minimum Gasteiger partial charge on any atom is -0.423 e. The third kappa shape index (κ3) is 2.85. The summed E-state index contributed by atoms with van der Waals surface area (Å²) in [7, 11) is -4.01. The van der Waals surface area contributed by atoms with Crippen molar-refractivity contribution in [3.05, 3.63) is 70.1 Å². The molecule has 1 aliphatic heterocycles. The summed E-state index contributed by atoms with van der Waals surface area (Å²) in [6.45, 7) is 1.04. The van der Waals surface area contributed by atoms with E-state index in [1.807, 2.05) is 0 Å². The normalized spacial score (nSPS) is 14.9. The predicted molar refractivity (Wildman–Crippen MR) is 100 cm³/mol. The summed E-state index contributed by atoms with van der Waals surface area (Å²) in [6.07, 6.45) is 0. The Kier molecular flexibility index (Phi) is 4.04. The number of carbonyl (C=O) groups excluding carboxylic acids is 2. The monoisotopic (exact) mass is 398 g/mol. The van der Waals surface area contributed by atoms with E-state index in [1.165, 1.54) is 25.1 Å². The number of rotatable bonds is 3. The second kappa shape index (κ2) is 6.31. The Morgan fingerprint density at radius 3 is 2.57 bits per heavy atom. The van der Waals surface area contributed by atoms with Gasteiger partial charge in [-0.05, 0) is 29.8 Å². The van der Waals surface area contributed by atoms with Crippen LogP contribution in [0.2, 0.25) is 0 Å². The molecule has 0 spiro atoms. The van der Waals surface area contributed by atoms with Crippen LogP contribution in [0.3, 0.4) is 0 Å². The number of nitrogens with zero attached hydrogens (tertiary/aromatic N) is 1. The molecule has 0 saturated carbocycles. The second-order valence-corrected chi connectivity index (χ2v) is 8.13. The molecule has 0 fully saturated rings. The molecule has 4 rings (SSSR count). The lowest BCUT2D eigenvalue weighted by molar-refractivity contribution is -0.114. The van der Waals surface area contributed by atoms with Crippen LogP contribution in [0.25, 0.3) is 11.0 Å². The number of carbonyl (C=O) groups is 2. The van der Waals surface area contributed by atoms with Crippen LogP contribution >= 0.6 is 0 Å². The van der Waals surface area contributed by atoms with E-state index in [4.69, 9.17) is 4.42 Å². The largest absolute Gasteiger partial charge is 0.423 e. The van der Waals surface area contributed by atoms with Crippen LogP contribution in [-0.2, 0) is 21.4 Å². The zero-order chi connectivity index (χ0) is 20.1. The molecule has 2 aromatic carbocycles. The molecule has 142 valence electrons. The lowest BCUT2D eigenvalue weighted by atomic mass is 10.1. The van der Waals surface area contributed by atoms with E-state index in [-0.39, 0.29) is 28.5 Å². The summed E-state index contributed by atoms with van der Waals surface area (Å²) in [5.41, 5.74) is 0.338. The Morgan fingerprint density at radius 2 is 1.86 bits per heavy atom. The molecular weight excluding hydrogens is 384 g/mol. The number of fused-ring (bicyclic) bond motifs is 2. The molecule has 28 heavy (non-hydrogen) atoms. The molecular formula is C19H14N2O6S. The van der Waals surface area contributed by atoms with Gasteiger partial charge in [-0.15, -0.1) is 0 Å². The van der Waals surface area contributed by atoms with Crippen LogP contribution in [0, 0.1) is 0 Å². The van der Waals surface area contributed by atoms with E-state index in [0.29, 0.717) is 16.6 Å². The van der Waals surface area contributed by atoms with Crippen molar-refractivity contribution in [1.82, 2.24) is 4.31 Å². The van der Waals surface area contributed by atoms with Crippen molar-refractivity contribution in [2.75, 3.05) is 5.32 Å². The number of nitrogens with one attached hydrogen (secondary N) is 1. The van der Waals surface area contributed by atoms with Crippen molar-refractivity contribution in [1.29, 1.82) is 0 Å². The van der Waals surface area contributed by atoms with E-state index >= 15 is 0 Å². The first-order valence-corrected chi connectivity index (χ1v) is 9.72. The first-order valence-electron chi connectivity index (χ1n) is 8.28. The van der Waals surface area contributed by atoms with Crippen molar-refractivity contribution >= 4 is 38.5 Å². The van der Waals surface area contributed by atoms with Crippen molar-refractivity contribution in [2.24, 2.45) is 0 Å². The SMILES string of the molecule is CC(=O)Nc1ccc2c(CN3C(=O)c4ccccc4S3(=O)=O)cc(=O)oc2c1. The summed E-state index contributed by atoms with van der Waals surface area (Å²) >= 11 is 0. The van der Waals surface area contributed by atoms with Crippen LogP contribution in [0.5, 0.6) is 0 Å². The van der Waals surface area contributed by atoms with Gasteiger partial charge in [0.1, 0.15) is 10.5 Å². The summed E-state index contributed by atoms with van der Waals surface area (Å²) < 4.78 is 31.4. The molecule has 1 N–H and O–H groups in total. The highest BCUT2D eigenvalue weighted by molar-refractivity contribution is 7.90. The molecule has 2 amide bonds. The van der Waals surface area contributed by atoms with Gasteiger partial charge in [-0.3, -0.25) is 9.59 Å². The van der Waals surface area contributed by atoms with Crippen molar-refractivity contribution < 1.29 is 22.4 Å². The maximum atomic E-state index is 12.8. The highest BCUT2D eigenvalue weighted by Gasteiger charge is 2.41. The lowest BCUT2D eigenvalue weighted by Gasteiger charge is -2.16. The Bertz CT molecular complexity index is 1310. The van der Waals surface area contributed by atoms with E-state index in [2.05, 4.69) is 5.32 Å². The molecule has 0 atom stereocenters. The fourth-order valence-electron chi connectivity index (χ4n) is 3.18. The summed E-state index contributed by atoms with van der Waals surface area (Å²) in [6, 6.07) is 11.8. The lowest BCUT2D eigenvalue weighted by Crippen LogP contribution is -2.29. The summed E-state index contributed by atoms with van der Waals surface area (Å²) in [5, 5.41) is 3.05. The number of hydrogen-bond acceptors (Lipinski definition) is 6. The number of sulfonamides is 1. The molecule has 2 heterocycles. The zero-order valence-corrected chi connectivity index (χ0v) is 15.4. The van der Waals surface area contributed by atoms with E-state index in [1.54, 1.807) is 24.3 Å². The first-order chi connectivity index (χ1) is 13.3. The van der Waals surface area contributed by atoms with Crippen LogP contribution in [0.4, 0.5) is 5.69 Å². The summed E-state index contributed by atoms with van der Waals surface area (Å²) in [5.74, 6) is -0.934. The van der Waals surface area contributed by atoms with Crippen LogP contribution < -0.4 is 10.9 Å². The van der Waals surface area contributed by atoms with Crippen LogP contribution in [0.15, 0.2) is 62.6 Å². The standard InChI is InChI=1S/C19H14N2O6S/c1-11(22)20-13-6-7-14-12(8-18(23)27-16(14)9-13)10-21-19(24)15-4-2-3-5-17(15)28(21,25)26/h2-9H,10H2,1H3,(H,20,22). The van der Waals surface area contributed by atoms with Gasteiger partial charge in [0, 0.05) is 30.1 Å². The molecule has 0 saturated heterocycles. The topological polar surface area (TPSA) is 114 Å². The number of benzene rings is 2. The predicted octanol–water partition coefficient (Wildman–Crippen LogP) is 2.10. The van der Waals surface area contributed by atoms with Gasteiger partial charge in [0.2, 0.25) is 5.91 Å². The third-order valence-corrected chi connectivity index (χ3v) is 6.16. The van der Waals surface area contributed by atoms with Gasteiger partial charge in [0.25, 0.3) is 15.9 Å². The van der Waals surface area contributed by atoms with E-state index < -0.39 is 21.6 Å². The molecule has 0 bridgehead atoms. The zero-order valence-electron chi connectivity index (χ0n) is 14.6. The highest BCUT2D eigenvalue weighted by Crippen LogP contribution is 2.32. The third-order valence-electron chi connectivity index (χ3n) is 4.38.